The summed E-state index contributed by atoms with van der Waals surface area (Å²) in [7, 11) is 0. The molecule has 1 aliphatic rings. The molecule has 0 bridgehead atoms. The number of para-hydroxylation sites is 1. The van der Waals surface area contributed by atoms with Crippen molar-refractivity contribution < 1.29 is 37.4 Å². The zero-order valence-electron chi connectivity index (χ0n) is 24.5. The van der Waals surface area contributed by atoms with Crippen LogP contribution < -0.4 is 20.1 Å². The van der Waals surface area contributed by atoms with Gasteiger partial charge in [0.25, 0.3) is 5.79 Å². The van der Waals surface area contributed by atoms with E-state index in [1.165, 1.54) is 49.0 Å². The first-order chi connectivity index (χ1) is 22.0. The molecule has 9 nitrogen and oxygen atoms in total. The molecule has 12 heteroatoms. The van der Waals surface area contributed by atoms with Crippen molar-refractivity contribution in [2.75, 3.05) is 10.6 Å². The number of benzene rings is 4. The summed E-state index contributed by atoms with van der Waals surface area (Å²) in [6.07, 6.45) is 2.62. The van der Waals surface area contributed by atoms with E-state index in [9.17, 15) is 19.1 Å². The molecule has 3 N–H and O–H groups in total. The van der Waals surface area contributed by atoms with Crippen LogP contribution in [0.2, 0.25) is 5.02 Å². The Labute approximate surface area is 266 Å². The van der Waals surface area contributed by atoms with Gasteiger partial charge in [-0.15, -0.1) is 0 Å². The summed E-state index contributed by atoms with van der Waals surface area (Å²) in [6.45, 7) is 3.39. The number of carboxylic acids is 1. The number of nitrogens with zero attached hydrogens (tertiary/aromatic N) is 1. The molecule has 0 fully saturated rings. The van der Waals surface area contributed by atoms with Crippen molar-refractivity contribution in [3.63, 3.8) is 0 Å². The second kappa shape index (κ2) is 12.2. The van der Waals surface area contributed by atoms with Crippen LogP contribution in [0, 0.1) is 18.6 Å². The van der Waals surface area contributed by atoms with Crippen molar-refractivity contribution >= 4 is 34.9 Å². The molecule has 1 aromatic heterocycles. The van der Waals surface area contributed by atoms with E-state index in [4.69, 9.17) is 25.5 Å². The van der Waals surface area contributed by atoms with Crippen molar-refractivity contribution in [2.45, 2.75) is 32.6 Å². The summed E-state index contributed by atoms with van der Waals surface area (Å²) in [6, 6.07) is 16.4. The van der Waals surface area contributed by atoms with Gasteiger partial charge in [0, 0.05) is 23.1 Å². The minimum atomic E-state index is -1.51. The third kappa shape index (κ3) is 5.96. The van der Waals surface area contributed by atoms with Crippen molar-refractivity contribution in [1.29, 1.82) is 0 Å². The molecule has 1 amide bonds. The second-order valence-corrected chi connectivity index (χ2v) is 11.2. The van der Waals surface area contributed by atoms with E-state index in [-0.39, 0.29) is 40.4 Å². The first kappa shape index (κ1) is 30.6. The van der Waals surface area contributed by atoms with Crippen LogP contribution in [0.3, 0.4) is 0 Å². The largest absolute Gasteiger partial charge is 0.478 e. The SMILES string of the molecule is Cc1c(C(=O)O)ccc(NC(=O)Cc2ccc(-c3cccc4c3OC(C)(c3ccc(Cl)cc3F)O4)c(F)c2)c1NCc1cnco1. The lowest BCUT2D eigenvalue weighted by Gasteiger charge is -2.24. The number of fused-ring (bicyclic) bond motifs is 1. The lowest BCUT2D eigenvalue weighted by atomic mass is 10.0. The number of oxazole rings is 1. The number of carbonyl (C=O) groups excluding carboxylic acids is 1. The van der Waals surface area contributed by atoms with Gasteiger partial charge in [0.1, 0.15) is 17.4 Å². The number of aromatic carboxylic acids is 1. The van der Waals surface area contributed by atoms with Gasteiger partial charge in [-0.1, -0.05) is 35.9 Å². The Morgan fingerprint density at radius 1 is 1.00 bits per heavy atom. The number of anilines is 2. The molecule has 46 heavy (non-hydrogen) atoms. The number of carboxylic acid groups (broad SMARTS) is 1. The highest BCUT2D eigenvalue weighted by Crippen LogP contribution is 2.50. The fourth-order valence-electron chi connectivity index (χ4n) is 5.35. The molecule has 0 aliphatic carbocycles. The summed E-state index contributed by atoms with van der Waals surface area (Å²) in [5.74, 6) is -3.22. The Bertz CT molecular complexity index is 1980. The lowest BCUT2D eigenvalue weighted by Crippen LogP contribution is -2.32. The Hall–Kier alpha value is -5.42. The summed E-state index contributed by atoms with van der Waals surface area (Å²) in [5.41, 5.74) is 2.34. The Morgan fingerprint density at radius 2 is 1.83 bits per heavy atom. The van der Waals surface area contributed by atoms with E-state index < -0.39 is 29.3 Å². The normalized spacial score (nSPS) is 15.1. The Morgan fingerprint density at radius 3 is 2.54 bits per heavy atom. The smallest absolute Gasteiger partial charge is 0.336 e. The van der Waals surface area contributed by atoms with Crippen LogP contribution >= 0.6 is 11.6 Å². The van der Waals surface area contributed by atoms with Crippen LogP contribution in [0.5, 0.6) is 11.5 Å². The minimum absolute atomic E-state index is 0.0659. The van der Waals surface area contributed by atoms with Gasteiger partial charge in [0.2, 0.25) is 5.91 Å². The zero-order chi connectivity index (χ0) is 32.6. The molecule has 4 aromatic carbocycles. The molecule has 5 aromatic rings. The molecule has 1 unspecified atom stereocenters. The highest BCUT2D eigenvalue weighted by molar-refractivity contribution is 6.30. The third-order valence-corrected chi connectivity index (χ3v) is 7.82. The van der Waals surface area contributed by atoms with Gasteiger partial charge in [-0.25, -0.2) is 18.6 Å². The molecule has 2 heterocycles. The standard InChI is InChI=1S/C34H26ClF2N3O6/c1-18-22(33(42)43)9-11-28(31(18)39-16-21-15-38-17-44-21)40-30(41)13-19-6-8-23(26(36)12-19)24-4-3-5-29-32(24)46-34(2,45-29)25-10-7-20(35)14-27(25)37/h3-12,14-15,17,39H,13,16H2,1-2H3,(H,40,41)(H,42,43). The molecule has 1 atom stereocenters. The molecule has 0 saturated carbocycles. The van der Waals surface area contributed by atoms with Crippen LogP contribution in [0.25, 0.3) is 11.1 Å². The maximum absolute atomic E-state index is 15.6. The third-order valence-electron chi connectivity index (χ3n) is 7.58. The van der Waals surface area contributed by atoms with E-state index >= 15 is 4.39 Å². The second-order valence-electron chi connectivity index (χ2n) is 10.7. The van der Waals surface area contributed by atoms with Crippen molar-refractivity contribution in [3.05, 3.63) is 124 Å². The number of ether oxygens (including phenoxy) is 2. The van der Waals surface area contributed by atoms with Gasteiger partial charge in [0.15, 0.2) is 17.9 Å². The maximum atomic E-state index is 15.6. The number of hydrogen-bond acceptors (Lipinski definition) is 7. The van der Waals surface area contributed by atoms with Gasteiger partial charge in [-0.3, -0.25) is 4.79 Å². The van der Waals surface area contributed by atoms with Crippen LogP contribution in [-0.2, 0) is 23.5 Å². The number of aromatic nitrogens is 1. The molecule has 0 saturated heterocycles. The van der Waals surface area contributed by atoms with Crippen molar-refractivity contribution in [2.24, 2.45) is 0 Å². The lowest BCUT2D eigenvalue weighted by molar-refractivity contribution is -0.115. The summed E-state index contributed by atoms with van der Waals surface area (Å²) in [4.78, 5) is 28.7. The van der Waals surface area contributed by atoms with Crippen molar-refractivity contribution in [3.8, 4) is 22.6 Å². The molecular formula is C34H26ClF2N3O6. The predicted molar refractivity (Wildman–Crippen MR) is 166 cm³/mol. The van der Waals surface area contributed by atoms with Gasteiger partial charge >= 0.3 is 5.97 Å². The Kier molecular flexibility index (Phi) is 8.09. The average Bonchev–Trinajstić information content (AvgIpc) is 3.64. The number of nitrogens with one attached hydrogen (secondary N) is 2. The zero-order valence-corrected chi connectivity index (χ0v) is 25.2. The summed E-state index contributed by atoms with van der Waals surface area (Å²) in [5, 5.41) is 15.7. The molecule has 0 spiro atoms. The van der Waals surface area contributed by atoms with Gasteiger partial charge in [0.05, 0.1) is 41.7 Å². The van der Waals surface area contributed by atoms with Crippen molar-refractivity contribution in [1.82, 2.24) is 4.98 Å². The van der Waals surface area contributed by atoms with E-state index in [1.54, 1.807) is 38.1 Å². The number of carbonyl (C=O) groups is 2. The topological polar surface area (TPSA) is 123 Å². The van der Waals surface area contributed by atoms with Crippen LogP contribution in [-0.4, -0.2) is 22.0 Å². The number of rotatable bonds is 9. The molecule has 1 aliphatic heterocycles. The maximum Gasteiger partial charge on any atom is 0.336 e. The monoisotopic (exact) mass is 645 g/mol. The van der Waals surface area contributed by atoms with Crippen LogP contribution in [0.4, 0.5) is 20.2 Å². The van der Waals surface area contributed by atoms with E-state index in [1.807, 2.05) is 0 Å². The summed E-state index contributed by atoms with van der Waals surface area (Å²) >= 11 is 5.91. The molecular weight excluding hydrogens is 620 g/mol. The molecule has 0 radical (unpaired) electrons. The van der Waals surface area contributed by atoms with E-state index in [0.717, 1.165) is 6.07 Å². The quantitative estimate of drug-likeness (QED) is 0.149. The van der Waals surface area contributed by atoms with Gasteiger partial charge < -0.3 is 29.6 Å². The highest BCUT2D eigenvalue weighted by Gasteiger charge is 2.42. The molecule has 234 valence electrons. The average molecular weight is 646 g/mol. The molecule has 6 rings (SSSR count). The number of hydrogen-bond donors (Lipinski definition) is 3. The first-order valence-electron chi connectivity index (χ1n) is 14.1. The first-order valence-corrected chi connectivity index (χ1v) is 14.4. The van der Waals surface area contributed by atoms with Crippen LogP contribution in [0.1, 0.15) is 39.7 Å². The fourth-order valence-corrected chi connectivity index (χ4v) is 5.51. The fraction of sp³-hybridized carbons (Fsp3) is 0.147. The van der Waals surface area contributed by atoms with Gasteiger partial charge in [-0.2, -0.15) is 0 Å². The predicted octanol–water partition coefficient (Wildman–Crippen LogP) is 7.72. The highest BCUT2D eigenvalue weighted by atomic mass is 35.5. The Balaban J connectivity index is 1.21. The van der Waals surface area contributed by atoms with Gasteiger partial charge in [-0.05, 0) is 60.5 Å². The minimum Gasteiger partial charge on any atom is -0.478 e. The van der Waals surface area contributed by atoms with E-state index in [0.29, 0.717) is 39.6 Å². The summed E-state index contributed by atoms with van der Waals surface area (Å²) < 4.78 is 47.7. The van der Waals surface area contributed by atoms with E-state index in [2.05, 4.69) is 15.6 Å². The van der Waals surface area contributed by atoms with Crippen LogP contribution in [0.15, 0.2) is 83.7 Å². The number of amides is 1. The number of halogens is 3.